The SMILES string of the molecule is Cc1cccc(-c2nnc(SCC(=O)Nc3cc([N+](=O)[O-])ccc3F)o2)c1. The zero-order valence-corrected chi connectivity index (χ0v) is 14.8. The summed E-state index contributed by atoms with van der Waals surface area (Å²) in [5.74, 6) is -1.13. The highest BCUT2D eigenvalue weighted by atomic mass is 32.2. The molecule has 0 spiro atoms. The Morgan fingerprint density at radius 2 is 2.11 bits per heavy atom. The summed E-state index contributed by atoms with van der Waals surface area (Å²) in [7, 11) is 0. The Bertz CT molecular complexity index is 1010. The molecule has 1 heterocycles. The Labute approximate surface area is 156 Å². The number of aryl methyl sites for hydroxylation is 1. The molecule has 0 fully saturated rings. The summed E-state index contributed by atoms with van der Waals surface area (Å²) in [6.07, 6.45) is 0. The Balaban J connectivity index is 1.62. The van der Waals surface area contributed by atoms with E-state index in [0.717, 1.165) is 41.1 Å². The number of nitro benzene ring substituents is 1. The second kappa shape index (κ2) is 7.96. The van der Waals surface area contributed by atoms with Crippen molar-refractivity contribution in [1.82, 2.24) is 10.2 Å². The molecule has 0 bridgehead atoms. The number of benzene rings is 2. The van der Waals surface area contributed by atoms with Gasteiger partial charge in [0.1, 0.15) is 5.82 Å². The number of thioether (sulfide) groups is 1. The third-order valence-corrected chi connectivity index (χ3v) is 4.25. The van der Waals surface area contributed by atoms with Crippen LogP contribution in [0.25, 0.3) is 11.5 Å². The van der Waals surface area contributed by atoms with Crippen molar-refractivity contribution in [3.05, 3.63) is 64.0 Å². The fourth-order valence-corrected chi connectivity index (χ4v) is 2.76. The number of hydrogen-bond donors (Lipinski definition) is 1. The summed E-state index contributed by atoms with van der Waals surface area (Å²) in [5, 5.41) is 21.0. The number of carbonyl (C=O) groups excluding carboxylic acids is 1. The second-order valence-corrected chi connectivity index (χ2v) is 6.43. The van der Waals surface area contributed by atoms with Gasteiger partial charge in [0.2, 0.25) is 11.8 Å². The lowest BCUT2D eigenvalue weighted by atomic mass is 10.1. The van der Waals surface area contributed by atoms with Gasteiger partial charge in [-0.05, 0) is 25.1 Å². The van der Waals surface area contributed by atoms with Gasteiger partial charge >= 0.3 is 0 Å². The Morgan fingerprint density at radius 1 is 1.30 bits per heavy atom. The quantitative estimate of drug-likeness (QED) is 0.388. The zero-order valence-electron chi connectivity index (χ0n) is 14.0. The monoisotopic (exact) mass is 388 g/mol. The molecule has 1 aromatic heterocycles. The highest BCUT2D eigenvalue weighted by molar-refractivity contribution is 7.99. The van der Waals surface area contributed by atoms with Crippen LogP contribution < -0.4 is 5.32 Å². The van der Waals surface area contributed by atoms with Crippen molar-refractivity contribution in [2.75, 3.05) is 11.1 Å². The van der Waals surface area contributed by atoms with Gasteiger partial charge in [0.25, 0.3) is 10.9 Å². The maximum Gasteiger partial charge on any atom is 0.277 e. The van der Waals surface area contributed by atoms with Crippen LogP contribution in [0, 0.1) is 22.9 Å². The average molecular weight is 388 g/mol. The van der Waals surface area contributed by atoms with Crippen molar-refractivity contribution >= 4 is 29.0 Å². The van der Waals surface area contributed by atoms with E-state index >= 15 is 0 Å². The summed E-state index contributed by atoms with van der Waals surface area (Å²) in [6, 6.07) is 10.4. The van der Waals surface area contributed by atoms with E-state index in [1.165, 1.54) is 0 Å². The predicted octanol–water partition coefficient (Wildman–Crippen LogP) is 3.82. The van der Waals surface area contributed by atoms with Crippen LogP contribution in [0.3, 0.4) is 0 Å². The molecular formula is C17H13FN4O4S. The molecule has 3 rings (SSSR count). The smallest absolute Gasteiger partial charge is 0.277 e. The van der Waals surface area contributed by atoms with Gasteiger partial charge in [-0.25, -0.2) is 4.39 Å². The van der Waals surface area contributed by atoms with E-state index in [2.05, 4.69) is 15.5 Å². The maximum atomic E-state index is 13.7. The van der Waals surface area contributed by atoms with Crippen molar-refractivity contribution in [3.63, 3.8) is 0 Å². The zero-order chi connectivity index (χ0) is 19.4. The Kier molecular flexibility index (Phi) is 5.46. The standard InChI is InChI=1S/C17H13FN4O4S/c1-10-3-2-4-11(7-10)16-20-21-17(26-16)27-9-15(23)19-14-8-12(22(24)25)5-6-13(14)18/h2-8H,9H2,1H3,(H,19,23). The first-order valence-corrected chi connectivity index (χ1v) is 8.68. The normalized spacial score (nSPS) is 10.6. The molecule has 0 aliphatic rings. The molecule has 27 heavy (non-hydrogen) atoms. The van der Waals surface area contributed by atoms with Gasteiger partial charge in [-0.2, -0.15) is 0 Å². The van der Waals surface area contributed by atoms with E-state index in [4.69, 9.17) is 4.42 Å². The summed E-state index contributed by atoms with van der Waals surface area (Å²) in [5.41, 5.74) is 1.22. The molecule has 1 N–H and O–H groups in total. The van der Waals surface area contributed by atoms with E-state index in [1.807, 2.05) is 31.2 Å². The van der Waals surface area contributed by atoms with Gasteiger partial charge in [-0.15, -0.1) is 10.2 Å². The summed E-state index contributed by atoms with van der Waals surface area (Å²) < 4.78 is 19.2. The first-order valence-electron chi connectivity index (χ1n) is 7.69. The topological polar surface area (TPSA) is 111 Å². The van der Waals surface area contributed by atoms with Crippen molar-refractivity contribution in [2.24, 2.45) is 0 Å². The summed E-state index contributed by atoms with van der Waals surface area (Å²) in [4.78, 5) is 22.1. The fourth-order valence-electron chi connectivity index (χ4n) is 2.20. The number of aromatic nitrogens is 2. The van der Waals surface area contributed by atoms with E-state index in [9.17, 15) is 19.3 Å². The first-order chi connectivity index (χ1) is 12.9. The number of nitro groups is 1. The molecule has 0 atom stereocenters. The molecule has 0 saturated carbocycles. The molecule has 10 heteroatoms. The third kappa shape index (κ3) is 4.67. The summed E-state index contributed by atoms with van der Waals surface area (Å²) in [6.45, 7) is 1.94. The molecule has 3 aromatic rings. The van der Waals surface area contributed by atoms with Crippen LogP contribution in [0.2, 0.25) is 0 Å². The number of rotatable bonds is 6. The van der Waals surface area contributed by atoms with Gasteiger partial charge in [0, 0.05) is 17.7 Å². The lowest BCUT2D eigenvalue weighted by Gasteiger charge is -2.05. The minimum atomic E-state index is -0.765. The Hall–Kier alpha value is -3.27. The van der Waals surface area contributed by atoms with Crippen LogP contribution in [0.5, 0.6) is 0 Å². The molecule has 2 aromatic carbocycles. The van der Waals surface area contributed by atoms with Crippen LogP contribution in [-0.2, 0) is 4.79 Å². The molecule has 8 nitrogen and oxygen atoms in total. The van der Waals surface area contributed by atoms with Crippen molar-refractivity contribution in [3.8, 4) is 11.5 Å². The lowest BCUT2D eigenvalue weighted by molar-refractivity contribution is -0.384. The van der Waals surface area contributed by atoms with E-state index < -0.39 is 16.6 Å². The predicted molar refractivity (Wildman–Crippen MR) is 96.9 cm³/mol. The number of non-ortho nitro benzene ring substituents is 1. The van der Waals surface area contributed by atoms with Crippen LogP contribution in [0.15, 0.2) is 52.1 Å². The number of amides is 1. The van der Waals surface area contributed by atoms with Gasteiger partial charge in [-0.3, -0.25) is 14.9 Å². The number of hydrogen-bond acceptors (Lipinski definition) is 7. The minimum absolute atomic E-state index is 0.127. The average Bonchev–Trinajstić information content (AvgIpc) is 3.11. The molecule has 0 radical (unpaired) electrons. The maximum absolute atomic E-state index is 13.7. The highest BCUT2D eigenvalue weighted by Crippen LogP contribution is 2.25. The molecule has 0 aliphatic carbocycles. The second-order valence-electron chi connectivity index (χ2n) is 5.50. The molecule has 0 unspecified atom stereocenters. The number of carbonyl (C=O) groups is 1. The van der Waals surface area contributed by atoms with Gasteiger partial charge in [0.15, 0.2) is 0 Å². The van der Waals surface area contributed by atoms with E-state index in [-0.39, 0.29) is 22.4 Å². The molecule has 138 valence electrons. The van der Waals surface area contributed by atoms with Crippen LogP contribution in [-0.4, -0.2) is 26.8 Å². The van der Waals surface area contributed by atoms with Crippen LogP contribution >= 0.6 is 11.8 Å². The third-order valence-electron chi connectivity index (χ3n) is 3.43. The molecular weight excluding hydrogens is 375 g/mol. The van der Waals surface area contributed by atoms with Crippen molar-refractivity contribution in [2.45, 2.75) is 12.1 Å². The number of halogens is 1. The highest BCUT2D eigenvalue weighted by Gasteiger charge is 2.15. The van der Waals surface area contributed by atoms with Crippen LogP contribution in [0.1, 0.15) is 5.56 Å². The van der Waals surface area contributed by atoms with Crippen LogP contribution in [0.4, 0.5) is 15.8 Å². The van der Waals surface area contributed by atoms with Gasteiger partial charge in [-0.1, -0.05) is 29.5 Å². The first kappa shape index (κ1) is 18.5. The van der Waals surface area contributed by atoms with Crippen molar-refractivity contribution in [1.29, 1.82) is 0 Å². The van der Waals surface area contributed by atoms with E-state index in [0.29, 0.717) is 5.89 Å². The van der Waals surface area contributed by atoms with Crippen molar-refractivity contribution < 1.29 is 18.5 Å². The number of anilines is 1. The molecule has 0 saturated heterocycles. The lowest BCUT2D eigenvalue weighted by Crippen LogP contribution is -2.15. The molecule has 0 aliphatic heterocycles. The van der Waals surface area contributed by atoms with Gasteiger partial charge in [0.05, 0.1) is 16.4 Å². The molecule has 1 amide bonds. The fraction of sp³-hybridized carbons (Fsp3) is 0.118. The number of nitrogens with one attached hydrogen (secondary N) is 1. The van der Waals surface area contributed by atoms with Gasteiger partial charge < -0.3 is 9.73 Å². The summed E-state index contributed by atoms with van der Waals surface area (Å²) >= 11 is 0.975. The Morgan fingerprint density at radius 3 is 2.85 bits per heavy atom. The number of nitrogens with zero attached hydrogens (tertiary/aromatic N) is 3. The largest absolute Gasteiger partial charge is 0.411 e. The van der Waals surface area contributed by atoms with E-state index in [1.54, 1.807) is 0 Å². The minimum Gasteiger partial charge on any atom is -0.411 e.